The van der Waals surface area contributed by atoms with Gasteiger partial charge in [-0.15, -0.1) is 0 Å². The van der Waals surface area contributed by atoms with Crippen LogP contribution in [-0.2, 0) is 10.2 Å². The third kappa shape index (κ3) is 2.20. The normalized spacial score (nSPS) is 18.1. The van der Waals surface area contributed by atoms with Gasteiger partial charge in [0, 0.05) is 0 Å². The number of nitrogens with zero attached hydrogens (tertiary/aromatic N) is 2. The van der Waals surface area contributed by atoms with Crippen LogP contribution in [0.2, 0.25) is 0 Å². The average molecular weight is 228 g/mol. The molecule has 1 saturated carbocycles. The minimum Gasteiger partial charge on any atom is -0.361 e. The summed E-state index contributed by atoms with van der Waals surface area (Å²) in [5.41, 5.74) is 9.16. The fourth-order valence-corrected chi connectivity index (χ4v) is 2.77. The number of rotatable bonds is 3. The Labute approximate surface area is 101 Å². The van der Waals surface area contributed by atoms with Crippen LogP contribution in [0.1, 0.15) is 37.7 Å². The van der Waals surface area contributed by atoms with E-state index in [1.54, 1.807) is 0 Å². The quantitative estimate of drug-likeness (QED) is 0.446. The first-order chi connectivity index (χ1) is 8.29. The minimum atomic E-state index is -0.467. The summed E-state index contributed by atoms with van der Waals surface area (Å²) in [7, 11) is 0. The fraction of sp³-hybridized carbons (Fsp3) is 0.429. The highest BCUT2D eigenvalue weighted by molar-refractivity contribution is 6.29. The maximum atomic E-state index is 12.2. The molecule has 0 heterocycles. The first kappa shape index (κ1) is 11.7. The van der Waals surface area contributed by atoms with E-state index in [0.29, 0.717) is 0 Å². The fourth-order valence-electron chi connectivity index (χ4n) is 2.77. The first-order valence-electron chi connectivity index (χ1n) is 6.07. The number of carbonyl (C=O) groups excluding carboxylic acids is 1. The maximum Gasteiger partial charge on any atom is 0.324 e. The van der Waals surface area contributed by atoms with Crippen LogP contribution in [0.25, 0.3) is 5.53 Å². The van der Waals surface area contributed by atoms with Gasteiger partial charge in [0.15, 0.2) is 0 Å². The molecule has 0 radical (unpaired) electrons. The molecule has 1 aromatic rings. The van der Waals surface area contributed by atoms with Crippen molar-refractivity contribution in [2.24, 2.45) is 0 Å². The summed E-state index contributed by atoms with van der Waals surface area (Å²) in [4.78, 5) is 15.1. The molecule has 0 atom stereocenters. The molecule has 0 bridgehead atoms. The molecule has 1 fully saturated rings. The second-order valence-electron chi connectivity index (χ2n) is 4.62. The summed E-state index contributed by atoms with van der Waals surface area (Å²) in [5, 5.41) is 0. The van der Waals surface area contributed by atoms with Gasteiger partial charge in [-0.25, -0.2) is 0 Å². The van der Waals surface area contributed by atoms with Crippen molar-refractivity contribution in [3.05, 3.63) is 41.4 Å². The number of hydrogen-bond donors (Lipinski definition) is 0. The van der Waals surface area contributed by atoms with Crippen molar-refractivity contribution < 1.29 is 9.58 Å². The van der Waals surface area contributed by atoms with Gasteiger partial charge in [-0.05, 0) is 18.4 Å². The van der Waals surface area contributed by atoms with E-state index in [1.807, 2.05) is 30.3 Å². The molecule has 0 N–H and O–H groups in total. The smallest absolute Gasteiger partial charge is 0.324 e. The van der Waals surface area contributed by atoms with E-state index in [9.17, 15) is 4.79 Å². The Morgan fingerprint density at radius 1 is 1.18 bits per heavy atom. The molecule has 0 aliphatic heterocycles. The van der Waals surface area contributed by atoms with Crippen LogP contribution in [0.3, 0.4) is 0 Å². The van der Waals surface area contributed by atoms with E-state index in [4.69, 9.17) is 5.53 Å². The van der Waals surface area contributed by atoms with Crippen LogP contribution in [0.5, 0.6) is 0 Å². The van der Waals surface area contributed by atoms with E-state index >= 15 is 0 Å². The Morgan fingerprint density at radius 3 is 2.41 bits per heavy atom. The largest absolute Gasteiger partial charge is 0.361 e. The SMILES string of the molecule is [N-]=[N+]=CC(=O)C1(c2ccccc2)CCCCC1. The molecule has 0 aromatic heterocycles. The molecule has 17 heavy (non-hydrogen) atoms. The van der Waals surface area contributed by atoms with Crippen LogP contribution >= 0.6 is 0 Å². The van der Waals surface area contributed by atoms with Gasteiger partial charge in [-0.1, -0.05) is 49.6 Å². The molecular formula is C14H16N2O. The van der Waals surface area contributed by atoms with Crippen molar-refractivity contribution in [2.45, 2.75) is 37.5 Å². The van der Waals surface area contributed by atoms with Gasteiger partial charge >= 0.3 is 6.21 Å². The number of carbonyl (C=O) groups is 1. The zero-order valence-electron chi connectivity index (χ0n) is 9.80. The summed E-state index contributed by atoms with van der Waals surface area (Å²) >= 11 is 0. The molecular weight excluding hydrogens is 212 g/mol. The molecule has 2 rings (SSSR count). The van der Waals surface area contributed by atoms with Gasteiger partial charge in [0.1, 0.15) is 0 Å². The molecule has 88 valence electrons. The van der Waals surface area contributed by atoms with Crippen molar-refractivity contribution in [3.63, 3.8) is 0 Å². The lowest BCUT2D eigenvalue weighted by Crippen LogP contribution is -2.38. The average Bonchev–Trinajstić information content (AvgIpc) is 2.41. The van der Waals surface area contributed by atoms with Gasteiger partial charge in [-0.2, -0.15) is 4.79 Å². The summed E-state index contributed by atoms with van der Waals surface area (Å²) in [6.07, 6.45) is 6.04. The number of Topliss-reactive ketones (excluding diaryl/α,β-unsaturated/α-hetero) is 1. The first-order valence-corrected chi connectivity index (χ1v) is 6.07. The molecule has 0 unspecified atom stereocenters. The molecule has 1 aromatic carbocycles. The van der Waals surface area contributed by atoms with Crippen LogP contribution < -0.4 is 0 Å². The molecule has 3 heteroatoms. The highest BCUT2D eigenvalue weighted by atomic mass is 16.1. The standard InChI is InChI=1S/C14H16N2O/c15-16-11-13(17)14(9-5-2-6-10-14)12-7-3-1-4-8-12/h1,3-4,7-8,11H,2,5-6,9-10H2. The zero-order valence-corrected chi connectivity index (χ0v) is 9.80. The van der Waals surface area contributed by atoms with E-state index in [1.165, 1.54) is 6.42 Å². The van der Waals surface area contributed by atoms with Gasteiger partial charge in [0.05, 0.1) is 5.41 Å². The minimum absolute atomic E-state index is 0.0779. The topological polar surface area (TPSA) is 53.5 Å². The van der Waals surface area contributed by atoms with Crippen LogP contribution in [0.4, 0.5) is 0 Å². The van der Waals surface area contributed by atoms with Crippen LogP contribution in [0.15, 0.2) is 30.3 Å². The molecule has 1 aliphatic rings. The van der Waals surface area contributed by atoms with Gasteiger partial charge in [-0.3, -0.25) is 4.79 Å². The van der Waals surface area contributed by atoms with Crippen LogP contribution in [0, 0.1) is 0 Å². The predicted molar refractivity (Wildman–Crippen MR) is 65.9 cm³/mol. The second kappa shape index (κ2) is 5.07. The Balaban J connectivity index is 2.43. The Morgan fingerprint density at radius 2 is 1.82 bits per heavy atom. The lowest BCUT2D eigenvalue weighted by atomic mass is 9.67. The Kier molecular flexibility index (Phi) is 3.50. The van der Waals surface area contributed by atoms with E-state index in [-0.39, 0.29) is 5.78 Å². The monoisotopic (exact) mass is 228 g/mol. The van der Waals surface area contributed by atoms with Crippen molar-refractivity contribution in [1.29, 1.82) is 0 Å². The third-order valence-electron chi connectivity index (χ3n) is 3.68. The predicted octanol–water partition coefficient (Wildman–Crippen LogP) is 2.76. The number of hydrogen-bond acceptors (Lipinski definition) is 1. The molecule has 0 amide bonds. The maximum absolute atomic E-state index is 12.2. The van der Waals surface area contributed by atoms with Gasteiger partial charge in [0.2, 0.25) is 5.78 Å². The Hall–Kier alpha value is -1.73. The van der Waals surface area contributed by atoms with Crippen molar-refractivity contribution in [3.8, 4) is 0 Å². The summed E-state index contributed by atoms with van der Waals surface area (Å²) < 4.78 is 0. The Bertz CT molecular complexity index is 441. The number of benzene rings is 1. The summed E-state index contributed by atoms with van der Waals surface area (Å²) in [5.74, 6) is -0.0779. The molecule has 0 spiro atoms. The van der Waals surface area contributed by atoms with Crippen molar-refractivity contribution in [2.75, 3.05) is 0 Å². The summed E-state index contributed by atoms with van der Waals surface area (Å²) in [6, 6.07) is 9.84. The zero-order chi connectivity index (χ0) is 12.1. The van der Waals surface area contributed by atoms with Gasteiger partial charge < -0.3 is 5.53 Å². The van der Waals surface area contributed by atoms with Gasteiger partial charge in [0.25, 0.3) is 0 Å². The van der Waals surface area contributed by atoms with E-state index in [2.05, 4.69) is 4.79 Å². The van der Waals surface area contributed by atoms with E-state index < -0.39 is 5.41 Å². The summed E-state index contributed by atoms with van der Waals surface area (Å²) in [6.45, 7) is 0. The lowest BCUT2D eigenvalue weighted by molar-refractivity contribution is -0.122. The molecule has 3 nitrogen and oxygen atoms in total. The van der Waals surface area contributed by atoms with E-state index in [0.717, 1.165) is 37.5 Å². The molecule has 0 saturated heterocycles. The van der Waals surface area contributed by atoms with Crippen molar-refractivity contribution in [1.82, 2.24) is 0 Å². The second-order valence-corrected chi connectivity index (χ2v) is 4.62. The lowest BCUT2D eigenvalue weighted by Gasteiger charge is -2.34. The molecule has 1 aliphatic carbocycles. The third-order valence-corrected chi connectivity index (χ3v) is 3.68. The number of ketones is 1. The highest BCUT2D eigenvalue weighted by Crippen LogP contribution is 2.39. The highest BCUT2D eigenvalue weighted by Gasteiger charge is 2.41. The van der Waals surface area contributed by atoms with Crippen molar-refractivity contribution >= 4 is 12.0 Å². The van der Waals surface area contributed by atoms with Crippen LogP contribution in [-0.4, -0.2) is 16.8 Å².